The molecule has 0 spiro atoms. The molecule has 8 heteroatoms. The van der Waals surface area contributed by atoms with Crippen molar-refractivity contribution in [3.8, 4) is 5.75 Å². The van der Waals surface area contributed by atoms with Crippen LogP contribution >= 0.6 is 0 Å². The number of ether oxygens (including phenoxy) is 1. The molecule has 0 saturated carbocycles. The van der Waals surface area contributed by atoms with E-state index < -0.39 is 23.4 Å². The zero-order valence-electron chi connectivity index (χ0n) is 14.7. The Morgan fingerprint density at radius 1 is 0.929 bits per heavy atom. The van der Waals surface area contributed by atoms with Crippen LogP contribution in [0.4, 0.5) is 20.2 Å². The number of halogens is 2. The topological polar surface area (TPSA) is 80.3 Å². The lowest BCUT2D eigenvalue weighted by Crippen LogP contribution is -2.17. The van der Waals surface area contributed by atoms with E-state index in [4.69, 9.17) is 4.74 Å². The highest BCUT2D eigenvalue weighted by atomic mass is 19.1. The molecule has 0 fully saturated rings. The number of hydrogen-bond donors (Lipinski definition) is 2. The van der Waals surface area contributed by atoms with Gasteiger partial charge >= 0.3 is 0 Å². The molecule has 2 amide bonds. The fourth-order valence-corrected chi connectivity index (χ4v) is 2.42. The number of rotatable bonds is 5. The average molecular weight is 383 g/mol. The van der Waals surface area contributed by atoms with Gasteiger partial charge in [-0.05, 0) is 36.4 Å². The van der Waals surface area contributed by atoms with Crippen molar-refractivity contribution in [1.29, 1.82) is 0 Å². The molecule has 0 radical (unpaired) electrons. The maximum atomic E-state index is 13.7. The zero-order valence-corrected chi connectivity index (χ0v) is 14.7. The second-order valence-corrected chi connectivity index (χ2v) is 5.66. The number of anilines is 2. The van der Waals surface area contributed by atoms with Gasteiger partial charge in [0.15, 0.2) is 0 Å². The van der Waals surface area contributed by atoms with Crippen molar-refractivity contribution in [3.05, 3.63) is 83.7 Å². The van der Waals surface area contributed by atoms with Crippen molar-refractivity contribution < 1.29 is 23.1 Å². The molecule has 6 nitrogen and oxygen atoms in total. The van der Waals surface area contributed by atoms with Gasteiger partial charge in [-0.2, -0.15) is 0 Å². The van der Waals surface area contributed by atoms with Crippen molar-refractivity contribution in [2.75, 3.05) is 17.7 Å². The van der Waals surface area contributed by atoms with E-state index in [1.54, 1.807) is 24.3 Å². The SMILES string of the molecule is COc1ccccc1NC(=O)c1ccnc(C(=O)Nc2ccc(F)cc2F)c1. The van der Waals surface area contributed by atoms with Gasteiger partial charge < -0.3 is 15.4 Å². The lowest BCUT2D eigenvalue weighted by atomic mass is 10.2. The molecule has 1 heterocycles. The molecule has 0 aliphatic rings. The minimum atomic E-state index is -0.918. The smallest absolute Gasteiger partial charge is 0.274 e. The van der Waals surface area contributed by atoms with Crippen molar-refractivity contribution in [3.63, 3.8) is 0 Å². The van der Waals surface area contributed by atoms with Gasteiger partial charge in [-0.25, -0.2) is 8.78 Å². The Morgan fingerprint density at radius 3 is 2.43 bits per heavy atom. The van der Waals surface area contributed by atoms with E-state index >= 15 is 0 Å². The Morgan fingerprint density at radius 2 is 1.68 bits per heavy atom. The molecule has 3 rings (SSSR count). The predicted molar refractivity (Wildman–Crippen MR) is 99.5 cm³/mol. The molecule has 0 unspecified atom stereocenters. The first-order valence-electron chi connectivity index (χ1n) is 8.15. The van der Waals surface area contributed by atoms with Crippen LogP contribution in [0.15, 0.2) is 60.8 Å². The number of methoxy groups -OCH3 is 1. The predicted octanol–water partition coefficient (Wildman–Crippen LogP) is 3.87. The van der Waals surface area contributed by atoms with Crippen LogP contribution in [0.3, 0.4) is 0 Å². The summed E-state index contributed by atoms with van der Waals surface area (Å²) in [5.74, 6) is -2.41. The number of pyridine rings is 1. The summed E-state index contributed by atoms with van der Waals surface area (Å²) in [5, 5.41) is 4.98. The third-order valence-corrected chi connectivity index (χ3v) is 3.79. The number of carbonyl (C=O) groups is 2. The van der Waals surface area contributed by atoms with E-state index in [0.29, 0.717) is 17.5 Å². The molecule has 0 saturated heterocycles. The highest BCUT2D eigenvalue weighted by Gasteiger charge is 2.15. The Bertz CT molecular complexity index is 1040. The summed E-state index contributed by atoms with van der Waals surface area (Å²) in [4.78, 5) is 28.7. The van der Waals surface area contributed by atoms with E-state index in [9.17, 15) is 18.4 Å². The molecular formula is C20H15F2N3O3. The highest BCUT2D eigenvalue weighted by Crippen LogP contribution is 2.23. The molecule has 2 aromatic carbocycles. The van der Waals surface area contributed by atoms with E-state index in [-0.39, 0.29) is 16.9 Å². The second kappa shape index (κ2) is 8.26. The number of nitrogens with zero attached hydrogens (tertiary/aromatic N) is 1. The number of amides is 2. The summed E-state index contributed by atoms with van der Waals surface area (Å²) in [6, 6.07) is 12.3. The first-order valence-corrected chi connectivity index (χ1v) is 8.15. The first kappa shape index (κ1) is 19.0. The van der Waals surface area contributed by atoms with E-state index in [0.717, 1.165) is 12.1 Å². The van der Waals surface area contributed by atoms with Crippen LogP contribution in [0.2, 0.25) is 0 Å². The Labute approximate surface area is 159 Å². The fraction of sp³-hybridized carbons (Fsp3) is 0.0500. The third kappa shape index (κ3) is 4.29. The standard InChI is InChI=1S/C20H15F2N3O3/c1-28-18-5-3-2-4-16(18)25-19(26)12-8-9-23-17(10-12)20(27)24-15-7-6-13(21)11-14(15)22/h2-11H,1H3,(H,24,27)(H,25,26). The van der Waals surface area contributed by atoms with Gasteiger partial charge in [0.25, 0.3) is 11.8 Å². The van der Waals surface area contributed by atoms with Crippen LogP contribution < -0.4 is 15.4 Å². The largest absolute Gasteiger partial charge is 0.495 e. The van der Waals surface area contributed by atoms with Crippen LogP contribution in [0.1, 0.15) is 20.8 Å². The third-order valence-electron chi connectivity index (χ3n) is 3.79. The quantitative estimate of drug-likeness (QED) is 0.701. The molecule has 142 valence electrons. The van der Waals surface area contributed by atoms with Crippen molar-refractivity contribution >= 4 is 23.2 Å². The van der Waals surface area contributed by atoms with E-state index in [1.165, 1.54) is 25.4 Å². The van der Waals surface area contributed by atoms with Gasteiger partial charge in [-0.3, -0.25) is 14.6 Å². The number of carbonyl (C=O) groups excluding carboxylic acids is 2. The maximum Gasteiger partial charge on any atom is 0.274 e. The number of nitrogens with one attached hydrogen (secondary N) is 2. The number of hydrogen-bond acceptors (Lipinski definition) is 4. The van der Waals surface area contributed by atoms with Crippen molar-refractivity contribution in [1.82, 2.24) is 4.98 Å². The van der Waals surface area contributed by atoms with Crippen LogP contribution in [-0.2, 0) is 0 Å². The van der Waals surface area contributed by atoms with Crippen molar-refractivity contribution in [2.45, 2.75) is 0 Å². The molecular weight excluding hydrogens is 368 g/mol. The number of aromatic nitrogens is 1. The molecule has 3 aromatic rings. The van der Waals surface area contributed by atoms with Crippen LogP contribution in [0, 0.1) is 11.6 Å². The number of benzene rings is 2. The summed E-state index contributed by atoms with van der Waals surface area (Å²) in [6.07, 6.45) is 1.28. The van der Waals surface area contributed by atoms with Gasteiger partial charge in [-0.1, -0.05) is 12.1 Å². The Kier molecular flexibility index (Phi) is 5.59. The van der Waals surface area contributed by atoms with Crippen LogP contribution in [-0.4, -0.2) is 23.9 Å². The lowest BCUT2D eigenvalue weighted by molar-refractivity contribution is 0.102. The molecule has 0 aliphatic heterocycles. The average Bonchev–Trinajstić information content (AvgIpc) is 2.70. The maximum absolute atomic E-state index is 13.7. The summed E-state index contributed by atoms with van der Waals surface area (Å²) in [6.45, 7) is 0. The monoisotopic (exact) mass is 383 g/mol. The van der Waals surface area contributed by atoms with E-state index in [2.05, 4.69) is 15.6 Å². The summed E-state index contributed by atoms with van der Waals surface area (Å²) in [7, 11) is 1.48. The van der Waals surface area contributed by atoms with Gasteiger partial charge in [0.05, 0.1) is 18.5 Å². The number of para-hydroxylation sites is 2. The van der Waals surface area contributed by atoms with Crippen LogP contribution in [0.5, 0.6) is 5.75 Å². The summed E-state index contributed by atoms with van der Waals surface area (Å²) >= 11 is 0. The van der Waals surface area contributed by atoms with Crippen LogP contribution in [0.25, 0.3) is 0 Å². The zero-order chi connectivity index (χ0) is 20.1. The summed E-state index contributed by atoms with van der Waals surface area (Å²) < 4.78 is 31.8. The van der Waals surface area contributed by atoms with Gasteiger partial charge in [0, 0.05) is 17.8 Å². The minimum absolute atomic E-state index is 0.101. The van der Waals surface area contributed by atoms with Gasteiger partial charge in [-0.15, -0.1) is 0 Å². The molecule has 0 bridgehead atoms. The Balaban J connectivity index is 1.77. The first-order chi connectivity index (χ1) is 13.5. The second-order valence-electron chi connectivity index (χ2n) is 5.66. The van der Waals surface area contributed by atoms with Gasteiger partial charge in [0.1, 0.15) is 23.1 Å². The molecule has 2 N–H and O–H groups in total. The minimum Gasteiger partial charge on any atom is -0.495 e. The molecule has 0 aliphatic carbocycles. The van der Waals surface area contributed by atoms with Gasteiger partial charge in [0.2, 0.25) is 0 Å². The molecule has 0 atom stereocenters. The van der Waals surface area contributed by atoms with E-state index in [1.807, 2.05) is 0 Å². The molecule has 28 heavy (non-hydrogen) atoms. The Hall–Kier alpha value is -3.81. The fourth-order valence-electron chi connectivity index (χ4n) is 2.42. The van der Waals surface area contributed by atoms with Crippen molar-refractivity contribution in [2.24, 2.45) is 0 Å². The summed E-state index contributed by atoms with van der Waals surface area (Å²) in [5.41, 5.74) is 0.338. The normalized spacial score (nSPS) is 10.2. The molecule has 1 aromatic heterocycles. The lowest BCUT2D eigenvalue weighted by Gasteiger charge is -2.10. The highest BCUT2D eigenvalue weighted by molar-refractivity contribution is 6.08.